The van der Waals surface area contributed by atoms with E-state index >= 15 is 0 Å². The highest BCUT2D eigenvalue weighted by Crippen LogP contribution is 2.40. The second-order valence-corrected chi connectivity index (χ2v) is 5.75. The topological polar surface area (TPSA) is 50.4 Å². The zero-order chi connectivity index (χ0) is 15.7. The lowest BCUT2D eigenvalue weighted by atomic mass is 10.0. The van der Waals surface area contributed by atoms with E-state index in [2.05, 4.69) is 22.0 Å². The Kier molecular flexibility index (Phi) is 4.27. The third-order valence-electron chi connectivity index (χ3n) is 4.17. The summed E-state index contributed by atoms with van der Waals surface area (Å²) in [4.78, 5) is 2.41. The monoisotopic (exact) mass is 321 g/mol. The summed E-state index contributed by atoms with van der Waals surface area (Å²) in [5.41, 5.74) is 4.34. The number of nitrogens with zero attached hydrogens (tertiary/aromatic N) is 2. The van der Waals surface area contributed by atoms with Gasteiger partial charge in [0.05, 0.1) is 24.9 Å². The zero-order valence-electron chi connectivity index (χ0n) is 13.1. The van der Waals surface area contributed by atoms with Crippen LogP contribution < -0.4 is 9.47 Å². The SMILES string of the molecule is CCN1CCc2[nH]nc(-c3cc(Cl)c(OC)c(OC)c3)c2C1. The van der Waals surface area contributed by atoms with Gasteiger partial charge in [-0.3, -0.25) is 10.00 Å². The zero-order valence-corrected chi connectivity index (χ0v) is 13.8. The molecule has 1 aromatic carbocycles. The van der Waals surface area contributed by atoms with Crippen molar-refractivity contribution in [2.45, 2.75) is 19.9 Å². The first-order chi connectivity index (χ1) is 10.7. The van der Waals surface area contributed by atoms with Crippen LogP contribution >= 0.6 is 11.6 Å². The van der Waals surface area contributed by atoms with Gasteiger partial charge in [0, 0.05) is 36.3 Å². The van der Waals surface area contributed by atoms with Crippen LogP contribution in [0.4, 0.5) is 0 Å². The summed E-state index contributed by atoms with van der Waals surface area (Å²) in [6, 6.07) is 3.80. The summed E-state index contributed by atoms with van der Waals surface area (Å²) in [6.45, 7) is 5.19. The second kappa shape index (κ2) is 6.18. The smallest absolute Gasteiger partial charge is 0.179 e. The Hall–Kier alpha value is -1.72. The number of ether oxygens (including phenoxy) is 2. The van der Waals surface area contributed by atoms with E-state index in [-0.39, 0.29) is 0 Å². The number of halogens is 1. The molecule has 5 nitrogen and oxygen atoms in total. The van der Waals surface area contributed by atoms with Crippen molar-refractivity contribution in [2.75, 3.05) is 27.3 Å². The molecule has 0 saturated heterocycles. The van der Waals surface area contributed by atoms with E-state index in [1.807, 2.05) is 12.1 Å². The summed E-state index contributed by atoms with van der Waals surface area (Å²) in [5.74, 6) is 1.16. The lowest BCUT2D eigenvalue weighted by Crippen LogP contribution is -2.30. The fourth-order valence-corrected chi connectivity index (χ4v) is 3.20. The molecule has 2 heterocycles. The van der Waals surface area contributed by atoms with Gasteiger partial charge < -0.3 is 9.47 Å². The minimum absolute atomic E-state index is 0.525. The van der Waals surface area contributed by atoms with Crippen LogP contribution in [0.5, 0.6) is 11.5 Å². The molecule has 1 aromatic heterocycles. The number of benzene rings is 1. The van der Waals surface area contributed by atoms with E-state index in [0.717, 1.165) is 37.3 Å². The Morgan fingerprint density at radius 3 is 2.82 bits per heavy atom. The molecule has 1 N–H and O–H groups in total. The van der Waals surface area contributed by atoms with Crippen molar-refractivity contribution in [1.82, 2.24) is 15.1 Å². The minimum atomic E-state index is 0.525. The predicted molar refractivity (Wildman–Crippen MR) is 86.8 cm³/mol. The van der Waals surface area contributed by atoms with Crippen molar-refractivity contribution in [3.8, 4) is 22.8 Å². The third kappa shape index (κ3) is 2.55. The van der Waals surface area contributed by atoms with E-state index in [0.29, 0.717) is 16.5 Å². The van der Waals surface area contributed by atoms with Crippen molar-refractivity contribution < 1.29 is 9.47 Å². The van der Waals surface area contributed by atoms with Gasteiger partial charge in [-0.2, -0.15) is 5.10 Å². The summed E-state index contributed by atoms with van der Waals surface area (Å²) in [7, 11) is 3.19. The molecule has 1 aliphatic heterocycles. The highest BCUT2D eigenvalue weighted by atomic mass is 35.5. The van der Waals surface area contributed by atoms with E-state index in [1.165, 1.54) is 11.3 Å². The lowest BCUT2D eigenvalue weighted by molar-refractivity contribution is 0.267. The number of rotatable bonds is 4. The van der Waals surface area contributed by atoms with E-state index in [1.54, 1.807) is 14.2 Å². The molecule has 0 saturated carbocycles. The molecule has 0 atom stereocenters. The molecular weight excluding hydrogens is 302 g/mol. The van der Waals surface area contributed by atoms with Crippen LogP contribution in [0.2, 0.25) is 5.02 Å². The van der Waals surface area contributed by atoms with Crippen LogP contribution in [0, 0.1) is 0 Å². The van der Waals surface area contributed by atoms with Gasteiger partial charge in [-0.05, 0) is 18.7 Å². The molecule has 0 amide bonds. The molecule has 0 radical (unpaired) electrons. The van der Waals surface area contributed by atoms with E-state index in [4.69, 9.17) is 21.1 Å². The third-order valence-corrected chi connectivity index (χ3v) is 4.45. The average Bonchev–Trinajstić information content (AvgIpc) is 2.96. The summed E-state index contributed by atoms with van der Waals surface area (Å²) in [5, 5.41) is 8.19. The standard InChI is InChI=1S/C16H20ClN3O2/c1-4-20-6-5-13-11(9-20)15(19-18-13)10-7-12(17)16(22-3)14(8-10)21-2/h7-8H,4-6,9H2,1-3H3,(H,18,19). The molecular formula is C16H20ClN3O2. The molecule has 22 heavy (non-hydrogen) atoms. The number of nitrogens with one attached hydrogen (secondary N) is 1. The van der Waals surface area contributed by atoms with Crippen LogP contribution in [-0.4, -0.2) is 42.4 Å². The van der Waals surface area contributed by atoms with Crippen molar-refractivity contribution in [1.29, 1.82) is 0 Å². The van der Waals surface area contributed by atoms with Crippen LogP contribution in [0.15, 0.2) is 12.1 Å². The van der Waals surface area contributed by atoms with Crippen molar-refractivity contribution in [3.05, 3.63) is 28.4 Å². The Labute approximate surface area is 135 Å². The van der Waals surface area contributed by atoms with Gasteiger partial charge in [0.2, 0.25) is 0 Å². The lowest BCUT2D eigenvalue weighted by Gasteiger charge is -2.25. The maximum Gasteiger partial charge on any atom is 0.179 e. The highest BCUT2D eigenvalue weighted by Gasteiger charge is 2.23. The number of hydrogen-bond acceptors (Lipinski definition) is 4. The van der Waals surface area contributed by atoms with Crippen molar-refractivity contribution >= 4 is 11.6 Å². The first-order valence-corrected chi connectivity index (χ1v) is 7.76. The van der Waals surface area contributed by atoms with E-state index in [9.17, 15) is 0 Å². The van der Waals surface area contributed by atoms with Gasteiger partial charge in [0.1, 0.15) is 0 Å². The minimum Gasteiger partial charge on any atom is -0.493 e. The highest BCUT2D eigenvalue weighted by molar-refractivity contribution is 6.32. The number of aromatic amines is 1. The molecule has 0 fully saturated rings. The molecule has 0 aliphatic carbocycles. The van der Waals surface area contributed by atoms with Gasteiger partial charge in [-0.1, -0.05) is 18.5 Å². The van der Waals surface area contributed by atoms with Crippen molar-refractivity contribution in [3.63, 3.8) is 0 Å². The van der Waals surface area contributed by atoms with Gasteiger partial charge in [-0.25, -0.2) is 0 Å². The largest absolute Gasteiger partial charge is 0.493 e. The molecule has 0 spiro atoms. The van der Waals surface area contributed by atoms with Gasteiger partial charge >= 0.3 is 0 Å². The summed E-state index contributed by atoms with van der Waals surface area (Å²) < 4.78 is 10.7. The van der Waals surface area contributed by atoms with Crippen LogP contribution in [0.3, 0.4) is 0 Å². The molecule has 0 unspecified atom stereocenters. The Balaban J connectivity index is 2.06. The number of hydrogen-bond donors (Lipinski definition) is 1. The summed E-state index contributed by atoms with van der Waals surface area (Å²) >= 11 is 6.32. The molecule has 118 valence electrons. The number of H-pyrrole nitrogens is 1. The Morgan fingerprint density at radius 2 is 2.14 bits per heavy atom. The molecule has 1 aliphatic rings. The predicted octanol–water partition coefficient (Wildman–Crippen LogP) is 3.13. The fourth-order valence-electron chi connectivity index (χ4n) is 2.91. The molecule has 3 rings (SSSR count). The molecule has 6 heteroatoms. The summed E-state index contributed by atoms with van der Waals surface area (Å²) in [6.07, 6.45) is 0.997. The first-order valence-electron chi connectivity index (χ1n) is 7.38. The van der Waals surface area contributed by atoms with E-state index < -0.39 is 0 Å². The normalized spacial score (nSPS) is 14.7. The number of aromatic nitrogens is 2. The van der Waals surface area contributed by atoms with Crippen LogP contribution in [0.1, 0.15) is 18.2 Å². The second-order valence-electron chi connectivity index (χ2n) is 5.34. The maximum atomic E-state index is 6.32. The number of methoxy groups -OCH3 is 2. The Bertz CT molecular complexity index is 684. The number of likely N-dealkylation sites (N-methyl/N-ethyl adjacent to an activating group) is 1. The van der Waals surface area contributed by atoms with Crippen LogP contribution in [0.25, 0.3) is 11.3 Å². The van der Waals surface area contributed by atoms with Gasteiger partial charge in [0.15, 0.2) is 11.5 Å². The maximum absolute atomic E-state index is 6.32. The Morgan fingerprint density at radius 1 is 1.32 bits per heavy atom. The molecule has 2 aromatic rings. The van der Waals surface area contributed by atoms with Crippen molar-refractivity contribution in [2.24, 2.45) is 0 Å². The van der Waals surface area contributed by atoms with Crippen LogP contribution in [-0.2, 0) is 13.0 Å². The number of fused-ring (bicyclic) bond motifs is 1. The van der Waals surface area contributed by atoms with Gasteiger partial charge in [-0.15, -0.1) is 0 Å². The quantitative estimate of drug-likeness (QED) is 0.940. The molecule has 0 bridgehead atoms. The average molecular weight is 322 g/mol. The van der Waals surface area contributed by atoms with Gasteiger partial charge in [0.25, 0.3) is 0 Å². The fraction of sp³-hybridized carbons (Fsp3) is 0.438. The first kappa shape index (κ1) is 15.2.